The second-order valence-electron chi connectivity index (χ2n) is 6.23. The van der Waals surface area contributed by atoms with Gasteiger partial charge in [0, 0.05) is 0 Å². The third kappa shape index (κ3) is 4.10. The van der Waals surface area contributed by atoms with Gasteiger partial charge in [0.1, 0.15) is 30.2 Å². The first-order chi connectivity index (χ1) is 12.9. The Morgan fingerprint density at radius 2 is 1.67 bits per heavy atom. The molecule has 144 valence electrons. The molecule has 5 N–H and O–H groups in total. The molecule has 8 heteroatoms. The zero-order valence-corrected chi connectivity index (χ0v) is 14.2. The van der Waals surface area contributed by atoms with Gasteiger partial charge >= 0.3 is 5.97 Å². The van der Waals surface area contributed by atoms with Crippen LogP contribution in [0.25, 0.3) is 11.1 Å². The Labute approximate surface area is 154 Å². The summed E-state index contributed by atoms with van der Waals surface area (Å²) in [6.45, 7) is -0.538. The Hall–Kier alpha value is -2.49. The molecule has 1 saturated heterocycles. The molecule has 1 fully saturated rings. The van der Waals surface area contributed by atoms with Gasteiger partial charge in [0.25, 0.3) is 0 Å². The van der Waals surface area contributed by atoms with Crippen molar-refractivity contribution in [1.29, 1.82) is 0 Å². The SMILES string of the molecule is O=C(O)c1cccc(-c2ccc(OC3OC(CO)C(O)C(O)C3O)cc2)c1. The van der Waals surface area contributed by atoms with Crippen molar-refractivity contribution in [2.75, 3.05) is 6.61 Å². The summed E-state index contributed by atoms with van der Waals surface area (Å²) in [5, 5.41) is 47.8. The molecule has 0 bridgehead atoms. The molecule has 27 heavy (non-hydrogen) atoms. The number of hydrogen-bond donors (Lipinski definition) is 5. The third-order valence-electron chi connectivity index (χ3n) is 4.40. The maximum Gasteiger partial charge on any atom is 0.335 e. The summed E-state index contributed by atoms with van der Waals surface area (Å²) in [6, 6.07) is 13.1. The number of carboxylic acid groups (broad SMARTS) is 1. The first-order valence-corrected chi connectivity index (χ1v) is 8.31. The average molecular weight is 376 g/mol. The zero-order valence-electron chi connectivity index (χ0n) is 14.2. The number of hydrogen-bond acceptors (Lipinski definition) is 7. The van der Waals surface area contributed by atoms with E-state index < -0.39 is 43.3 Å². The minimum absolute atomic E-state index is 0.175. The lowest BCUT2D eigenvalue weighted by molar-refractivity contribution is -0.277. The van der Waals surface area contributed by atoms with E-state index in [1.807, 2.05) is 0 Å². The Morgan fingerprint density at radius 1 is 0.963 bits per heavy atom. The molecule has 8 nitrogen and oxygen atoms in total. The normalized spacial score (nSPS) is 27.9. The summed E-state index contributed by atoms with van der Waals surface area (Å²) in [4.78, 5) is 11.1. The Morgan fingerprint density at radius 3 is 2.30 bits per heavy atom. The summed E-state index contributed by atoms with van der Waals surface area (Å²) in [5.74, 6) is -0.683. The van der Waals surface area contributed by atoms with Crippen LogP contribution in [-0.2, 0) is 4.74 Å². The fourth-order valence-electron chi connectivity index (χ4n) is 2.86. The van der Waals surface area contributed by atoms with Crippen LogP contribution in [0.5, 0.6) is 5.75 Å². The summed E-state index contributed by atoms with van der Waals surface area (Å²) in [5.41, 5.74) is 1.66. The van der Waals surface area contributed by atoms with E-state index in [9.17, 15) is 25.2 Å². The number of aliphatic hydroxyl groups is 4. The van der Waals surface area contributed by atoms with Crippen LogP contribution in [0.1, 0.15) is 10.4 Å². The van der Waals surface area contributed by atoms with E-state index in [0.717, 1.165) is 5.56 Å². The number of aromatic carboxylic acids is 1. The second kappa shape index (κ2) is 8.03. The fraction of sp³-hybridized carbons (Fsp3) is 0.316. The standard InChI is InChI=1S/C19H20O8/c20-9-14-15(21)16(22)17(23)19(27-14)26-13-6-4-10(5-7-13)11-2-1-3-12(8-11)18(24)25/h1-8,14-17,19-23H,9H2,(H,24,25). The van der Waals surface area contributed by atoms with Gasteiger partial charge < -0.3 is 35.0 Å². The van der Waals surface area contributed by atoms with Crippen LogP contribution in [-0.4, -0.2) is 68.8 Å². The van der Waals surface area contributed by atoms with Crippen molar-refractivity contribution in [2.24, 2.45) is 0 Å². The molecule has 0 aromatic heterocycles. The van der Waals surface area contributed by atoms with E-state index in [0.29, 0.717) is 11.3 Å². The highest BCUT2D eigenvalue weighted by atomic mass is 16.7. The molecule has 2 aromatic carbocycles. The number of aliphatic hydroxyl groups excluding tert-OH is 4. The first kappa shape index (κ1) is 19.3. The van der Waals surface area contributed by atoms with Gasteiger partial charge in [0.2, 0.25) is 6.29 Å². The van der Waals surface area contributed by atoms with E-state index in [1.165, 1.54) is 6.07 Å². The van der Waals surface area contributed by atoms with Crippen molar-refractivity contribution < 1.29 is 39.8 Å². The zero-order chi connectivity index (χ0) is 19.6. The second-order valence-corrected chi connectivity index (χ2v) is 6.23. The van der Waals surface area contributed by atoms with E-state index in [1.54, 1.807) is 42.5 Å². The van der Waals surface area contributed by atoms with Crippen molar-refractivity contribution in [3.05, 3.63) is 54.1 Å². The molecular weight excluding hydrogens is 356 g/mol. The third-order valence-corrected chi connectivity index (χ3v) is 4.40. The molecule has 2 aromatic rings. The lowest BCUT2D eigenvalue weighted by Gasteiger charge is -2.39. The van der Waals surface area contributed by atoms with Crippen LogP contribution >= 0.6 is 0 Å². The number of ether oxygens (including phenoxy) is 2. The summed E-state index contributed by atoms with van der Waals surface area (Å²) in [7, 11) is 0. The van der Waals surface area contributed by atoms with Gasteiger partial charge in [-0.3, -0.25) is 0 Å². The lowest BCUT2D eigenvalue weighted by Crippen LogP contribution is -2.60. The highest BCUT2D eigenvalue weighted by Crippen LogP contribution is 2.27. The molecule has 0 spiro atoms. The van der Waals surface area contributed by atoms with Crippen LogP contribution in [0.15, 0.2) is 48.5 Å². The van der Waals surface area contributed by atoms with E-state index >= 15 is 0 Å². The van der Waals surface area contributed by atoms with Crippen LogP contribution < -0.4 is 4.74 Å². The summed E-state index contributed by atoms with van der Waals surface area (Å²) < 4.78 is 10.8. The Bertz CT molecular complexity index is 789. The van der Waals surface area contributed by atoms with Crippen LogP contribution in [0.2, 0.25) is 0 Å². The van der Waals surface area contributed by atoms with Crippen molar-refractivity contribution >= 4 is 5.97 Å². The summed E-state index contributed by atoms with van der Waals surface area (Å²) >= 11 is 0. The summed E-state index contributed by atoms with van der Waals surface area (Å²) in [6.07, 6.45) is -6.77. The average Bonchev–Trinajstić information content (AvgIpc) is 2.69. The van der Waals surface area contributed by atoms with Gasteiger partial charge in [-0.25, -0.2) is 4.79 Å². The predicted octanol–water partition coefficient (Wildman–Crippen LogP) is 0.230. The van der Waals surface area contributed by atoms with Crippen molar-refractivity contribution in [2.45, 2.75) is 30.7 Å². The van der Waals surface area contributed by atoms with E-state index in [4.69, 9.17) is 14.6 Å². The minimum atomic E-state index is -1.51. The topological polar surface area (TPSA) is 137 Å². The van der Waals surface area contributed by atoms with Crippen molar-refractivity contribution in [3.63, 3.8) is 0 Å². The molecule has 5 unspecified atom stereocenters. The van der Waals surface area contributed by atoms with Crippen molar-refractivity contribution in [1.82, 2.24) is 0 Å². The number of benzene rings is 2. The Kier molecular flexibility index (Phi) is 5.73. The molecule has 0 saturated carbocycles. The smallest absolute Gasteiger partial charge is 0.335 e. The molecule has 0 radical (unpaired) electrons. The van der Waals surface area contributed by atoms with E-state index in [2.05, 4.69) is 0 Å². The molecule has 5 atom stereocenters. The van der Waals surface area contributed by atoms with Crippen molar-refractivity contribution in [3.8, 4) is 16.9 Å². The maximum absolute atomic E-state index is 11.1. The number of rotatable bonds is 5. The van der Waals surface area contributed by atoms with Crippen LogP contribution in [0.3, 0.4) is 0 Å². The molecule has 1 aliphatic heterocycles. The first-order valence-electron chi connectivity index (χ1n) is 8.31. The van der Waals surface area contributed by atoms with Gasteiger partial charge in [-0.1, -0.05) is 24.3 Å². The van der Waals surface area contributed by atoms with Gasteiger partial charge in [-0.05, 0) is 35.4 Å². The molecule has 0 aliphatic carbocycles. The minimum Gasteiger partial charge on any atom is -0.478 e. The number of carbonyl (C=O) groups is 1. The molecular formula is C19H20O8. The largest absolute Gasteiger partial charge is 0.478 e. The van der Waals surface area contributed by atoms with Crippen LogP contribution in [0, 0.1) is 0 Å². The van der Waals surface area contributed by atoms with Gasteiger partial charge in [0.05, 0.1) is 12.2 Å². The Balaban J connectivity index is 1.74. The maximum atomic E-state index is 11.1. The predicted molar refractivity (Wildman–Crippen MR) is 93.2 cm³/mol. The van der Waals surface area contributed by atoms with Gasteiger partial charge in [-0.15, -0.1) is 0 Å². The fourth-order valence-corrected chi connectivity index (χ4v) is 2.86. The molecule has 3 rings (SSSR count). The molecule has 0 amide bonds. The van der Waals surface area contributed by atoms with Gasteiger partial charge in [0.15, 0.2) is 0 Å². The van der Waals surface area contributed by atoms with E-state index in [-0.39, 0.29) is 5.56 Å². The number of carboxylic acids is 1. The van der Waals surface area contributed by atoms with Gasteiger partial charge in [-0.2, -0.15) is 0 Å². The highest BCUT2D eigenvalue weighted by molar-refractivity contribution is 5.89. The van der Waals surface area contributed by atoms with Crippen LogP contribution in [0.4, 0.5) is 0 Å². The molecule has 1 heterocycles. The lowest BCUT2D eigenvalue weighted by atomic mass is 9.99. The monoisotopic (exact) mass is 376 g/mol. The quantitative estimate of drug-likeness (QED) is 0.500. The highest BCUT2D eigenvalue weighted by Gasteiger charge is 2.44. The molecule has 1 aliphatic rings.